The zero-order chi connectivity index (χ0) is 15.6. The van der Waals surface area contributed by atoms with Gasteiger partial charge in [0.05, 0.1) is 12.5 Å². The first-order valence-corrected chi connectivity index (χ1v) is 7.60. The SMILES string of the molecule is COc1ccccc1C1(C(=O)N(C)Cc2ccccc2)CC1. The fourth-order valence-electron chi connectivity index (χ4n) is 3.06. The molecular weight excluding hydrogens is 274 g/mol. The molecule has 0 saturated heterocycles. The van der Waals surface area contributed by atoms with Crippen LogP contribution >= 0.6 is 0 Å². The van der Waals surface area contributed by atoms with Crippen LogP contribution in [0.25, 0.3) is 0 Å². The molecule has 22 heavy (non-hydrogen) atoms. The molecule has 3 rings (SSSR count). The second kappa shape index (κ2) is 5.84. The van der Waals surface area contributed by atoms with Gasteiger partial charge in [-0.15, -0.1) is 0 Å². The standard InChI is InChI=1S/C19H21NO2/c1-20(14-15-8-4-3-5-9-15)18(21)19(12-13-19)16-10-6-7-11-17(16)22-2/h3-11H,12-14H2,1-2H3. The molecule has 0 N–H and O–H groups in total. The van der Waals surface area contributed by atoms with E-state index in [1.807, 2.05) is 66.5 Å². The fraction of sp³-hybridized carbons (Fsp3) is 0.316. The molecule has 0 bridgehead atoms. The Kier molecular flexibility index (Phi) is 3.88. The minimum atomic E-state index is -0.393. The highest BCUT2D eigenvalue weighted by Gasteiger charge is 2.53. The minimum Gasteiger partial charge on any atom is -0.496 e. The lowest BCUT2D eigenvalue weighted by molar-refractivity contribution is -0.133. The van der Waals surface area contributed by atoms with Crippen LogP contribution in [0, 0.1) is 0 Å². The van der Waals surface area contributed by atoms with Crippen LogP contribution in [-0.2, 0) is 16.8 Å². The van der Waals surface area contributed by atoms with Crippen molar-refractivity contribution in [1.29, 1.82) is 0 Å². The molecule has 0 aromatic heterocycles. The summed E-state index contributed by atoms with van der Waals surface area (Å²) in [6.07, 6.45) is 1.79. The van der Waals surface area contributed by atoms with Crippen molar-refractivity contribution in [3.05, 3.63) is 65.7 Å². The lowest BCUT2D eigenvalue weighted by atomic mass is 9.93. The highest BCUT2D eigenvalue weighted by Crippen LogP contribution is 2.52. The molecule has 114 valence electrons. The summed E-state index contributed by atoms with van der Waals surface area (Å²) in [5, 5.41) is 0. The van der Waals surface area contributed by atoms with E-state index in [-0.39, 0.29) is 5.91 Å². The zero-order valence-electron chi connectivity index (χ0n) is 13.1. The topological polar surface area (TPSA) is 29.5 Å². The van der Waals surface area contributed by atoms with E-state index in [4.69, 9.17) is 4.74 Å². The van der Waals surface area contributed by atoms with Gasteiger partial charge in [0.2, 0.25) is 5.91 Å². The van der Waals surface area contributed by atoms with E-state index in [1.165, 1.54) is 0 Å². The molecule has 0 radical (unpaired) electrons. The summed E-state index contributed by atoms with van der Waals surface area (Å²) >= 11 is 0. The van der Waals surface area contributed by atoms with Crippen LogP contribution in [0.1, 0.15) is 24.0 Å². The second-order valence-corrected chi connectivity index (χ2v) is 5.93. The van der Waals surface area contributed by atoms with E-state index in [1.54, 1.807) is 7.11 Å². The quantitative estimate of drug-likeness (QED) is 0.846. The fourth-order valence-corrected chi connectivity index (χ4v) is 3.06. The Bertz CT molecular complexity index is 662. The van der Waals surface area contributed by atoms with Gasteiger partial charge >= 0.3 is 0 Å². The van der Waals surface area contributed by atoms with E-state index in [0.29, 0.717) is 6.54 Å². The number of carbonyl (C=O) groups is 1. The first-order chi connectivity index (χ1) is 10.7. The Hall–Kier alpha value is -2.29. The molecule has 1 saturated carbocycles. The molecule has 3 heteroatoms. The van der Waals surface area contributed by atoms with Crippen molar-refractivity contribution in [2.75, 3.05) is 14.2 Å². The average Bonchev–Trinajstić information content (AvgIpc) is 3.36. The molecule has 1 fully saturated rings. The average molecular weight is 295 g/mol. The van der Waals surface area contributed by atoms with Gasteiger partial charge in [0, 0.05) is 19.2 Å². The third-order valence-corrected chi connectivity index (χ3v) is 4.39. The van der Waals surface area contributed by atoms with Crippen molar-refractivity contribution < 1.29 is 9.53 Å². The number of hydrogen-bond acceptors (Lipinski definition) is 2. The molecule has 3 nitrogen and oxygen atoms in total. The molecule has 1 amide bonds. The third kappa shape index (κ3) is 2.59. The molecule has 2 aromatic rings. The summed E-state index contributed by atoms with van der Waals surface area (Å²) in [5.74, 6) is 0.988. The highest BCUT2D eigenvalue weighted by molar-refractivity contribution is 5.92. The van der Waals surface area contributed by atoms with Gasteiger partial charge in [0.15, 0.2) is 0 Å². The summed E-state index contributed by atoms with van der Waals surface area (Å²) in [5.41, 5.74) is 1.77. The number of methoxy groups -OCH3 is 1. The highest BCUT2D eigenvalue weighted by atomic mass is 16.5. The van der Waals surface area contributed by atoms with Crippen LogP contribution in [0.15, 0.2) is 54.6 Å². The van der Waals surface area contributed by atoms with Gasteiger partial charge in [-0.2, -0.15) is 0 Å². The first kappa shape index (κ1) is 14.6. The summed E-state index contributed by atoms with van der Waals surface area (Å²) in [6.45, 7) is 0.635. The van der Waals surface area contributed by atoms with Gasteiger partial charge in [-0.1, -0.05) is 48.5 Å². The predicted octanol–water partition coefficient (Wildman–Crippen LogP) is 3.39. The maximum atomic E-state index is 13.0. The number of hydrogen-bond donors (Lipinski definition) is 0. The van der Waals surface area contributed by atoms with E-state index in [0.717, 1.165) is 29.7 Å². The Morgan fingerprint density at radius 1 is 1.09 bits per heavy atom. The maximum Gasteiger partial charge on any atom is 0.233 e. The summed E-state index contributed by atoms with van der Waals surface area (Å²) in [6, 6.07) is 17.9. The third-order valence-electron chi connectivity index (χ3n) is 4.39. The van der Waals surface area contributed by atoms with Crippen LogP contribution in [0.2, 0.25) is 0 Å². The number of rotatable bonds is 5. The largest absolute Gasteiger partial charge is 0.496 e. The van der Waals surface area contributed by atoms with Gasteiger partial charge in [-0.05, 0) is 24.5 Å². The van der Waals surface area contributed by atoms with Gasteiger partial charge in [-0.25, -0.2) is 0 Å². The number of amides is 1. The molecule has 0 spiro atoms. The maximum absolute atomic E-state index is 13.0. The summed E-state index contributed by atoms with van der Waals surface area (Å²) < 4.78 is 5.45. The van der Waals surface area contributed by atoms with Crippen molar-refractivity contribution in [2.45, 2.75) is 24.8 Å². The van der Waals surface area contributed by atoms with Crippen molar-refractivity contribution >= 4 is 5.91 Å². The molecule has 0 unspecified atom stereocenters. The Morgan fingerprint density at radius 2 is 1.73 bits per heavy atom. The summed E-state index contributed by atoms with van der Waals surface area (Å²) in [4.78, 5) is 14.8. The number of likely N-dealkylation sites (N-methyl/N-ethyl adjacent to an activating group) is 1. The van der Waals surface area contributed by atoms with Crippen LogP contribution in [-0.4, -0.2) is 25.0 Å². The van der Waals surface area contributed by atoms with Crippen LogP contribution in [0.4, 0.5) is 0 Å². The Morgan fingerprint density at radius 3 is 2.36 bits per heavy atom. The van der Waals surface area contributed by atoms with E-state index < -0.39 is 5.41 Å². The normalized spacial score (nSPS) is 15.2. The molecule has 0 atom stereocenters. The number of carbonyl (C=O) groups excluding carboxylic acids is 1. The molecule has 1 aliphatic carbocycles. The van der Waals surface area contributed by atoms with Gasteiger partial charge < -0.3 is 9.64 Å². The smallest absolute Gasteiger partial charge is 0.233 e. The van der Waals surface area contributed by atoms with Crippen molar-refractivity contribution in [3.8, 4) is 5.75 Å². The first-order valence-electron chi connectivity index (χ1n) is 7.60. The molecular formula is C19H21NO2. The van der Waals surface area contributed by atoms with Crippen LogP contribution < -0.4 is 4.74 Å². The van der Waals surface area contributed by atoms with Gasteiger partial charge in [-0.3, -0.25) is 4.79 Å². The van der Waals surface area contributed by atoms with Gasteiger partial charge in [0.25, 0.3) is 0 Å². The van der Waals surface area contributed by atoms with E-state index in [9.17, 15) is 4.79 Å². The monoisotopic (exact) mass is 295 g/mol. The molecule has 1 aliphatic rings. The van der Waals surface area contributed by atoms with E-state index in [2.05, 4.69) is 0 Å². The minimum absolute atomic E-state index is 0.181. The lowest BCUT2D eigenvalue weighted by Gasteiger charge is -2.25. The van der Waals surface area contributed by atoms with Crippen molar-refractivity contribution in [2.24, 2.45) is 0 Å². The van der Waals surface area contributed by atoms with Crippen LogP contribution in [0.5, 0.6) is 5.75 Å². The zero-order valence-corrected chi connectivity index (χ0v) is 13.1. The number of benzene rings is 2. The Balaban J connectivity index is 1.82. The molecule has 0 heterocycles. The van der Waals surface area contributed by atoms with Crippen molar-refractivity contribution in [1.82, 2.24) is 4.90 Å². The summed E-state index contributed by atoms with van der Waals surface area (Å²) in [7, 11) is 3.54. The van der Waals surface area contributed by atoms with Gasteiger partial charge in [0.1, 0.15) is 5.75 Å². The second-order valence-electron chi connectivity index (χ2n) is 5.93. The molecule has 0 aliphatic heterocycles. The molecule has 2 aromatic carbocycles. The number of ether oxygens (including phenoxy) is 1. The number of nitrogens with zero attached hydrogens (tertiary/aromatic N) is 1. The Labute approximate surface area is 131 Å². The van der Waals surface area contributed by atoms with Crippen molar-refractivity contribution in [3.63, 3.8) is 0 Å². The predicted molar refractivity (Wildman–Crippen MR) is 86.8 cm³/mol. The number of para-hydroxylation sites is 1. The lowest BCUT2D eigenvalue weighted by Crippen LogP contribution is -2.36. The van der Waals surface area contributed by atoms with Crippen LogP contribution in [0.3, 0.4) is 0 Å². The van der Waals surface area contributed by atoms with E-state index >= 15 is 0 Å².